The number of carbonyl (C=O) groups excluding carboxylic acids is 1. The molecule has 1 amide bonds. The van der Waals surface area contributed by atoms with E-state index in [1.165, 1.54) is 24.3 Å². The second-order valence-corrected chi connectivity index (χ2v) is 6.41. The molecule has 0 aliphatic carbocycles. The van der Waals surface area contributed by atoms with Gasteiger partial charge in [-0.1, -0.05) is 30.3 Å². The molecule has 0 aliphatic heterocycles. The molecule has 0 bridgehead atoms. The van der Waals surface area contributed by atoms with Gasteiger partial charge < -0.3 is 14.9 Å². The molecule has 0 saturated carbocycles. The highest BCUT2D eigenvalue weighted by Crippen LogP contribution is 2.35. The maximum absolute atomic E-state index is 12.1. The first kappa shape index (κ1) is 18.9. The molecular formula is C22H14N2O6. The van der Waals surface area contributed by atoms with Crippen LogP contribution in [-0.2, 0) is 0 Å². The Morgan fingerprint density at radius 2 is 1.77 bits per heavy atom. The first-order chi connectivity index (χ1) is 14.4. The van der Waals surface area contributed by atoms with Crippen LogP contribution in [0.4, 0.5) is 5.69 Å². The molecule has 1 heterocycles. The van der Waals surface area contributed by atoms with Gasteiger partial charge >= 0.3 is 11.3 Å². The molecular weight excluding hydrogens is 388 g/mol. The number of benzene rings is 3. The predicted octanol–water partition coefficient (Wildman–Crippen LogP) is 4.26. The van der Waals surface area contributed by atoms with Gasteiger partial charge in [0.2, 0.25) is 11.7 Å². The number of hydrogen-bond donors (Lipinski definition) is 1. The van der Waals surface area contributed by atoms with E-state index in [2.05, 4.69) is 0 Å². The molecule has 30 heavy (non-hydrogen) atoms. The molecule has 2 N–H and O–H groups in total. The number of carbonyl (C=O) groups is 1. The van der Waals surface area contributed by atoms with E-state index in [9.17, 15) is 19.7 Å². The summed E-state index contributed by atoms with van der Waals surface area (Å²) in [6, 6.07) is 19.2. The monoisotopic (exact) mass is 402 g/mol. The number of ether oxygens (including phenoxy) is 1. The number of nitrogens with two attached hydrogens (primary N) is 1. The van der Waals surface area contributed by atoms with Gasteiger partial charge in [-0.15, -0.1) is 0 Å². The topological polar surface area (TPSA) is 126 Å². The van der Waals surface area contributed by atoms with Crippen LogP contribution in [0.3, 0.4) is 0 Å². The molecule has 0 atom stereocenters. The van der Waals surface area contributed by atoms with Crippen LogP contribution in [0.2, 0.25) is 0 Å². The second kappa shape index (κ2) is 7.51. The maximum Gasteiger partial charge on any atom is 0.336 e. The van der Waals surface area contributed by atoms with Gasteiger partial charge in [-0.3, -0.25) is 14.9 Å². The molecule has 1 aromatic heterocycles. The quantitative estimate of drug-likeness (QED) is 0.302. The van der Waals surface area contributed by atoms with E-state index >= 15 is 0 Å². The molecule has 8 nitrogen and oxygen atoms in total. The molecule has 4 rings (SSSR count). The molecule has 148 valence electrons. The molecule has 8 heteroatoms. The van der Waals surface area contributed by atoms with Gasteiger partial charge in [0, 0.05) is 29.1 Å². The Kier molecular flexibility index (Phi) is 4.73. The van der Waals surface area contributed by atoms with Gasteiger partial charge in [-0.05, 0) is 35.4 Å². The average molecular weight is 402 g/mol. The third-order valence-corrected chi connectivity index (χ3v) is 4.47. The number of rotatable bonds is 5. The van der Waals surface area contributed by atoms with Crippen molar-refractivity contribution in [3.05, 3.63) is 98.9 Å². The van der Waals surface area contributed by atoms with E-state index in [0.717, 1.165) is 11.6 Å². The Labute approximate surface area is 169 Å². The molecule has 0 fully saturated rings. The van der Waals surface area contributed by atoms with E-state index in [1.54, 1.807) is 12.1 Å². The molecule has 0 spiro atoms. The van der Waals surface area contributed by atoms with E-state index in [-0.39, 0.29) is 22.6 Å². The molecule has 0 saturated heterocycles. The summed E-state index contributed by atoms with van der Waals surface area (Å²) in [6.45, 7) is 0. The number of nitro groups is 1. The number of nitro benzene ring substituents is 1. The van der Waals surface area contributed by atoms with Gasteiger partial charge in [0.05, 0.1) is 4.92 Å². The Morgan fingerprint density at radius 3 is 2.47 bits per heavy atom. The highest BCUT2D eigenvalue weighted by atomic mass is 16.6. The van der Waals surface area contributed by atoms with Gasteiger partial charge in [-0.2, -0.15) is 0 Å². The number of fused-ring (bicyclic) bond motifs is 1. The summed E-state index contributed by atoms with van der Waals surface area (Å²) in [5.41, 5.74) is 6.05. The third kappa shape index (κ3) is 3.61. The lowest BCUT2D eigenvalue weighted by atomic mass is 10.0. The largest absolute Gasteiger partial charge is 0.450 e. The fourth-order valence-electron chi connectivity index (χ4n) is 3.09. The van der Waals surface area contributed by atoms with Gasteiger partial charge in [0.1, 0.15) is 11.3 Å². The fraction of sp³-hybridized carbons (Fsp3) is 0. The van der Waals surface area contributed by atoms with E-state index < -0.39 is 22.1 Å². The lowest BCUT2D eigenvalue weighted by Crippen LogP contribution is -2.11. The van der Waals surface area contributed by atoms with E-state index in [4.69, 9.17) is 14.9 Å². The molecule has 0 unspecified atom stereocenters. The Morgan fingerprint density at radius 1 is 1.00 bits per heavy atom. The van der Waals surface area contributed by atoms with Crippen molar-refractivity contribution in [1.29, 1.82) is 0 Å². The summed E-state index contributed by atoms with van der Waals surface area (Å²) < 4.78 is 10.9. The third-order valence-electron chi connectivity index (χ3n) is 4.47. The Hall–Kier alpha value is -4.46. The van der Waals surface area contributed by atoms with Crippen LogP contribution in [0.1, 0.15) is 10.4 Å². The number of primary amides is 1. The van der Waals surface area contributed by atoms with Crippen LogP contribution in [0.25, 0.3) is 22.1 Å². The Balaban J connectivity index is 1.78. The summed E-state index contributed by atoms with van der Waals surface area (Å²) in [6.07, 6.45) is 0. The van der Waals surface area contributed by atoms with Gasteiger partial charge in [0.15, 0.2) is 0 Å². The standard InChI is InChI=1S/C22H14N2O6/c23-22(26)14-6-9-19(18(10-14)24(27)28)29-15-7-8-16-17(13-4-2-1-3-5-13)12-21(25)30-20(16)11-15/h1-12H,(H2,23,26). The zero-order valence-electron chi connectivity index (χ0n) is 15.4. The van der Waals surface area contributed by atoms with Crippen molar-refractivity contribution >= 4 is 22.6 Å². The lowest BCUT2D eigenvalue weighted by Gasteiger charge is -2.09. The minimum absolute atomic E-state index is 0.00828. The minimum Gasteiger partial charge on any atom is -0.450 e. The predicted molar refractivity (Wildman–Crippen MR) is 110 cm³/mol. The molecule has 4 aromatic rings. The van der Waals surface area contributed by atoms with Crippen molar-refractivity contribution in [3.8, 4) is 22.6 Å². The normalized spacial score (nSPS) is 10.7. The van der Waals surface area contributed by atoms with Crippen molar-refractivity contribution in [2.24, 2.45) is 5.73 Å². The van der Waals surface area contributed by atoms with Crippen LogP contribution in [-0.4, -0.2) is 10.8 Å². The lowest BCUT2D eigenvalue weighted by molar-refractivity contribution is -0.385. The van der Waals surface area contributed by atoms with Gasteiger partial charge in [0.25, 0.3) is 0 Å². The molecule has 3 aromatic carbocycles. The number of amides is 1. The number of hydrogen-bond acceptors (Lipinski definition) is 6. The minimum atomic E-state index is -0.787. The first-order valence-electron chi connectivity index (χ1n) is 8.82. The van der Waals surface area contributed by atoms with Crippen LogP contribution in [0.5, 0.6) is 11.5 Å². The van der Waals surface area contributed by atoms with Crippen LogP contribution in [0.15, 0.2) is 82.0 Å². The van der Waals surface area contributed by atoms with Crippen molar-refractivity contribution < 1.29 is 18.9 Å². The van der Waals surface area contributed by atoms with Crippen LogP contribution >= 0.6 is 0 Å². The molecule has 0 radical (unpaired) electrons. The van der Waals surface area contributed by atoms with E-state index in [0.29, 0.717) is 10.9 Å². The van der Waals surface area contributed by atoms with Crippen LogP contribution in [0, 0.1) is 10.1 Å². The zero-order valence-corrected chi connectivity index (χ0v) is 15.4. The highest BCUT2D eigenvalue weighted by molar-refractivity contribution is 5.94. The van der Waals surface area contributed by atoms with E-state index in [1.807, 2.05) is 30.3 Å². The van der Waals surface area contributed by atoms with Crippen molar-refractivity contribution in [2.75, 3.05) is 0 Å². The number of nitrogens with zero attached hydrogens (tertiary/aromatic N) is 1. The summed E-state index contributed by atoms with van der Waals surface area (Å²) in [5, 5.41) is 12.0. The average Bonchev–Trinajstić information content (AvgIpc) is 2.73. The Bertz CT molecular complexity index is 1350. The SMILES string of the molecule is NC(=O)c1ccc(Oc2ccc3c(-c4ccccc4)cc(=O)oc3c2)c([N+](=O)[O-])c1. The smallest absolute Gasteiger partial charge is 0.336 e. The van der Waals surface area contributed by atoms with Crippen LogP contribution < -0.4 is 16.1 Å². The zero-order chi connectivity index (χ0) is 21.3. The van der Waals surface area contributed by atoms with Gasteiger partial charge in [-0.25, -0.2) is 4.79 Å². The first-order valence-corrected chi connectivity index (χ1v) is 8.82. The van der Waals surface area contributed by atoms with Crippen molar-refractivity contribution in [3.63, 3.8) is 0 Å². The summed E-state index contributed by atoms with van der Waals surface area (Å²) in [7, 11) is 0. The fourth-order valence-corrected chi connectivity index (χ4v) is 3.09. The van der Waals surface area contributed by atoms with Crippen molar-refractivity contribution in [2.45, 2.75) is 0 Å². The summed E-state index contributed by atoms with van der Waals surface area (Å²) >= 11 is 0. The molecule has 0 aliphatic rings. The summed E-state index contributed by atoms with van der Waals surface area (Å²) in [5.74, 6) is -0.637. The highest BCUT2D eigenvalue weighted by Gasteiger charge is 2.19. The maximum atomic E-state index is 12.1. The van der Waals surface area contributed by atoms with Crippen molar-refractivity contribution in [1.82, 2.24) is 0 Å². The second-order valence-electron chi connectivity index (χ2n) is 6.41. The summed E-state index contributed by atoms with van der Waals surface area (Å²) in [4.78, 5) is 34.0.